The predicted octanol–water partition coefficient (Wildman–Crippen LogP) is 3.47. The van der Waals surface area contributed by atoms with Gasteiger partial charge in [0.15, 0.2) is 0 Å². The smallest absolute Gasteiger partial charge is 0.0144 e. The third-order valence-corrected chi connectivity index (χ3v) is 5.91. The molecule has 24 heavy (non-hydrogen) atoms. The fraction of sp³-hybridized carbons (Fsp3) is 0.474. The molecule has 2 aromatic heterocycles. The summed E-state index contributed by atoms with van der Waals surface area (Å²) < 4.78 is 0. The summed E-state index contributed by atoms with van der Waals surface area (Å²) >= 11 is 3.52. The molecule has 1 N–H and O–H groups in total. The van der Waals surface area contributed by atoms with E-state index in [0.717, 1.165) is 13.1 Å². The Morgan fingerprint density at radius 2 is 1.75 bits per heavy atom. The summed E-state index contributed by atoms with van der Waals surface area (Å²) in [5.41, 5.74) is 4.01. The Kier molecular flexibility index (Phi) is 7.05. The number of likely N-dealkylation sites (N-methyl/N-ethyl adjacent to an activating group) is 1. The number of piperazine rings is 1. The third-order valence-electron chi connectivity index (χ3n) is 4.54. The highest BCUT2D eigenvalue weighted by Crippen LogP contribution is 2.26. The fourth-order valence-electron chi connectivity index (χ4n) is 3.01. The zero-order valence-electron chi connectivity index (χ0n) is 14.4. The Hall–Kier alpha value is -0.980. The van der Waals surface area contributed by atoms with Crippen LogP contribution in [0, 0.1) is 0 Å². The molecular formula is C19H27N3S2. The molecule has 0 unspecified atom stereocenters. The minimum Gasteiger partial charge on any atom is -0.313 e. The maximum Gasteiger partial charge on any atom is 0.0144 e. The van der Waals surface area contributed by atoms with Crippen LogP contribution in [0.1, 0.15) is 17.5 Å². The van der Waals surface area contributed by atoms with Crippen LogP contribution < -0.4 is 5.32 Å². The second-order valence-corrected chi connectivity index (χ2v) is 7.90. The lowest BCUT2D eigenvalue weighted by atomic mass is 10.0. The molecular weight excluding hydrogens is 334 g/mol. The van der Waals surface area contributed by atoms with Crippen molar-refractivity contribution in [2.24, 2.45) is 0 Å². The summed E-state index contributed by atoms with van der Waals surface area (Å²) in [4.78, 5) is 5.00. The minimum absolute atomic E-state index is 0.934. The Morgan fingerprint density at radius 3 is 2.33 bits per heavy atom. The van der Waals surface area contributed by atoms with Gasteiger partial charge in [-0.15, -0.1) is 0 Å². The van der Waals surface area contributed by atoms with Gasteiger partial charge >= 0.3 is 0 Å². The third kappa shape index (κ3) is 5.26. The van der Waals surface area contributed by atoms with Gasteiger partial charge in [-0.3, -0.25) is 0 Å². The van der Waals surface area contributed by atoms with E-state index in [1.165, 1.54) is 55.8 Å². The standard InChI is InChI=1S/C19H27N3S2/c1-21-9-11-22(12-10-21)8-2-6-20-7-3-19(17-4-13-23-15-17)18-5-14-24-16-18/h3-5,13-16,20H,2,6-12H2,1H3. The summed E-state index contributed by atoms with van der Waals surface area (Å²) in [6.45, 7) is 8.09. The van der Waals surface area contributed by atoms with Crippen LogP contribution in [0.25, 0.3) is 5.57 Å². The van der Waals surface area contributed by atoms with Gasteiger partial charge in [-0.1, -0.05) is 6.08 Å². The van der Waals surface area contributed by atoms with E-state index >= 15 is 0 Å². The van der Waals surface area contributed by atoms with Gasteiger partial charge in [0.1, 0.15) is 0 Å². The molecule has 2 aromatic rings. The summed E-state index contributed by atoms with van der Waals surface area (Å²) in [6.07, 6.45) is 3.56. The van der Waals surface area contributed by atoms with Crippen molar-refractivity contribution in [2.45, 2.75) is 6.42 Å². The molecule has 5 heteroatoms. The van der Waals surface area contributed by atoms with E-state index in [1.54, 1.807) is 22.7 Å². The van der Waals surface area contributed by atoms with Crippen molar-refractivity contribution in [3.8, 4) is 0 Å². The van der Waals surface area contributed by atoms with E-state index in [0.29, 0.717) is 0 Å². The largest absolute Gasteiger partial charge is 0.313 e. The van der Waals surface area contributed by atoms with E-state index < -0.39 is 0 Å². The second kappa shape index (κ2) is 9.49. The average molecular weight is 362 g/mol. The van der Waals surface area contributed by atoms with E-state index in [9.17, 15) is 0 Å². The first kappa shape index (κ1) is 17.8. The minimum atomic E-state index is 0.934. The maximum absolute atomic E-state index is 3.58. The van der Waals surface area contributed by atoms with Crippen LogP contribution in [0.2, 0.25) is 0 Å². The lowest BCUT2D eigenvalue weighted by Gasteiger charge is -2.32. The molecule has 0 radical (unpaired) electrons. The Morgan fingerprint density at radius 1 is 1.08 bits per heavy atom. The average Bonchev–Trinajstić information content (AvgIpc) is 3.30. The molecule has 0 aromatic carbocycles. The fourth-order valence-corrected chi connectivity index (χ4v) is 4.33. The summed E-state index contributed by atoms with van der Waals surface area (Å²) in [6, 6.07) is 4.42. The molecule has 0 spiro atoms. The summed E-state index contributed by atoms with van der Waals surface area (Å²) in [7, 11) is 2.21. The van der Waals surface area contributed by atoms with Crippen LogP contribution in [0.15, 0.2) is 39.7 Å². The van der Waals surface area contributed by atoms with Gasteiger partial charge in [-0.25, -0.2) is 0 Å². The monoisotopic (exact) mass is 361 g/mol. The normalized spacial score (nSPS) is 16.4. The topological polar surface area (TPSA) is 18.5 Å². The van der Waals surface area contributed by atoms with E-state index in [2.05, 4.69) is 61.9 Å². The molecule has 3 rings (SSSR count). The van der Waals surface area contributed by atoms with E-state index in [1.807, 2.05) is 0 Å². The molecule has 3 nitrogen and oxygen atoms in total. The van der Waals surface area contributed by atoms with Crippen molar-refractivity contribution in [3.63, 3.8) is 0 Å². The molecule has 1 fully saturated rings. The van der Waals surface area contributed by atoms with Crippen LogP contribution in [0.5, 0.6) is 0 Å². The zero-order valence-corrected chi connectivity index (χ0v) is 16.0. The van der Waals surface area contributed by atoms with Gasteiger partial charge in [0, 0.05) is 32.7 Å². The van der Waals surface area contributed by atoms with Crippen molar-refractivity contribution in [2.75, 3.05) is 52.9 Å². The Balaban J connectivity index is 1.41. The van der Waals surface area contributed by atoms with E-state index in [4.69, 9.17) is 0 Å². The maximum atomic E-state index is 3.58. The molecule has 130 valence electrons. The molecule has 0 saturated carbocycles. The summed E-state index contributed by atoms with van der Waals surface area (Å²) in [5.74, 6) is 0. The first-order chi connectivity index (χ1) is 11.8. The number of thiophene rings is 2. The lowest BCUT2D eigenvalue weighted by Crippen LogP contribution is -2.45. The molecule has 0 atom stereocenters. The quantitative estimate of drug-likeness (QED) is 0.727. The highest BCUT2D eigenvalue weighted by Gasteiger charge is 2.12. The van der Waals surface area contributed by atoms with Crippen LogP contribution in [0.3, 0.4) is 0 Å². The molecule has 1 aliphatic rings. The van der Waals surface area contributed by atoms with Gasteiger partial charge in [0.05, 0.1) is 0 Å². The predicted molar refractivity (Wildman–Crippen MR) is 107 cm³/mol. The highest BCUT2D eigenvalue weighted by atomic mass is 32.1. The molecule has 0 aliphatic carbocycles. The Labute approximate surface area is 153 Å². The number of nitrogens with one attached hydrogen (secondary N) is 1. The Bertz CT molecular complexity index is 560. The van der Waals surface area contributed by atoms with Gasteiger partial charge in [0.2, 0.25) is 0 Å². The first-order valence-electron chi connectivity index (χ1n) is 8.70. The second-order valence-electron chi connectivity index (χ2n) is 6.34. The van der Waals surface area contributed by atoms with Crippen molar-refractivity contribution < 1.29 is 0 Å². The molecule has 0 amide bonds. The summed E-state index contributed by atoms with van der Waals surface area (Å²) in [5, 5.41) is 12.4. The van der Waals surface area contributed by atoms with Crippen LogP contribution in [0.4, 0.5) is 0 Å². The van der Waals surface area contributed by atoms with Gasteiger partial charge < -0.3 is 15.1 Å². The van der Waals surface area contributed by atoms with Crippen LogP contribution in [-0.2, 0) is 0 Å². The highest BCUT2D eigenvalue weighted by molar-refractivity contribution is 7.08. The van der Waals surface area contributed by atoms with Crippen LogP contribution in [-0.4, -0.2) is 62.7 Å². The number of hydrogen-bond donors (Lipinski definition) is 1. The molecule has 1 aliphatic heterocycles. The zero-order chi connectivity index (χ0) is 16.6. The van der Waals surface area contributed by atoms with Gasteiger partial charge in [0.25, 0.3) is 0 Å². The number of nitrogens with zero attached hydrogens (tertiary/aromatic N) is 2. The number of rotatable bonds is 8. The van der Waals surface area contributed by atoms with Crippen molar-refractivity contribution in [1.29, 1.82) is 0 Å². The first-order valence-corrected chi connectivity index (χ1v) is 10.6. The molecule has 3 heterocycles. The van der Waals surface area contributed by atoms with Crippen molar-refractivity contribution in [3.05, 3.63) is 50.9 Å². The van der Waals surface area contributed by atoms with Crippen LogP contribution >= 0.6 is 22.7 Å². The van der Waals surface area contributed by atoms with Gasteiger partial charge in [-0.2, -0.15) is 22.7 Å². The SMILES string of the molecule is CN1CCN(CCCNCC=C(c2ccsc2)c2ccsc2)CC1. The molecule has 0 bridgehead atoms. The number of hydrogen-bond acceptors (Lipinski definition) is 5. The van der Waals surface area contributed by atoms with E-state index in [-0.39, 0.29) is 0 Å². The van der Waals surface area contributed by atoms with Gasteiger partial charge in [-0.05, 0) is 76.9 Å². The van der Waals surface area contributed by atoms with Crippen molar-refractivity contribution in [1.82, 2.24) is 15.1 Å². The molecule has 1 saturated heterocycles. The lowest BCUT2D eigenvalue weighted by molar-refractivity contribution is 0.153. The van der Waals surface area contributed by atoms with Crippen molar-refractivity contribution >= 4 is 28.2 Å².